The van der Waals surface area contributed by atoms with Crippen LogP contribution in [-0.4, -0.2) is 17.1 Å². The van der Waals surface area contributed by atoms with Crippen LogP contribution >= 0.6 is 0 Å². The quantitative estimate of drug-likeness (QED) is 0.720. The normalized spacial score (nSPS) is 10.6. The highest BCUT2D eigenvalue weighted by atomic mass is 16.5. The molecule has 1 aromatic heterocycles. The van der Waals surface area contributed by atoms with Gasteiger partial charge in [0.2, 0.25) is 0 Å². The maximum atomic E-state index is 5.78. The van der Waals surface area contributed by atoms with Crippen molar-refractivity contribution in [3.05, 3.63) is 48.3 Å². The first-order valence-corrected chi connectivity index (χ1v) is 6.59. The molecule has 2 aromatic carbocycles. The van der Waals surface area contributed by atoms with E-state index in [-0.39, 0.29) is 0 Å². The highest BCUT2D eigenvalue weighted by Gasteiger charge is 2.06. The fraction of sp³-hybridized carbons (Fsp3) is 0.125. The van der Waals surface area contributed by atoms with Crippen LogP contribution in [0.5, 0.6) is 5.75 Å². The molecule has 0 aliphatic heterocycles. The minimum absolute atomic E-state index is 0.687. The van der Waals surface area contributed by atoms with Crippen LogP contribution in [0.3, 0.4) is 0 Å². The van der Waals surface area contributed by atoms with Crippen molar-refractivity contribution in [2.75, 3.05) is 18.2 Å². The molecule has 0 bridgehead atoms. The molecule has 3 aromatic rings. The lowest BCUT2D eigenvalue weighted by molar-refractivity contribution is 0.412. The molecule has 0 amide bonds. The smallest absolute Gasteiger partial charge is 0.141 e. The third-order valence-corrected chi connectivity index (χ3v) is 3.32. The predicted octanol–water partition coefficient (Wildman–Crippen LogP) is 3.27. The van der Waals surface area contributed by atoms with Gasteiger partial charge in [0.25, 0.3) is 0 Å². The third-order valence-electron chi connectivity index (χ3n) is 3.32. The number of nitrogens with two attached hydrogens (primary N) is 1. The number of rotatable bonds is 3. The molecule has 5 heteroatoms. The minimum Gasteiger partial charge on any atom is -0.496 e. The standard InChI is InChI=1S/C16H16N4O/c1-10-7-12(4-6-15(10)21-2)20-16-13-5-3-11(17)8-14(13)18-9-19-16/h3-9H,17H2,1-2H3,(H,18,19,20). The Hall–Kier alpha value is -2.82. The molecule has 0 fully saturated rings. The Balaban J connectivity index is 2.00. The van der Waals surface area contributed by atoms with Gasteiger partial charge >= 0.3 is 0 Å². The van der Waals surface area contributed by atoms with E-state index in [0.717, 1.165) is 33.7 Å². The summed E-state index contributed by atoms with van der Waals surface area (Å²) in [6, 6.07) is 11.5. The molecule has 1 heterocycles. The number of fused-ring (bicyclic) bond motifs is 1. The Bertz CT molecular complexity index is 801. The van der Waals surface area contributed by atoms with Crippen molar-refractivity contribution in [1.82, 2.24) is 9.97 Å². The molecule has 0 atom stereocenters. The summed E-state index contributed by atoms with van der Waals surface area (Å²) >= 11 is 0. The second-order valence-corrected chi connectivity index (χ2v) is 4.81. The number of aryl methyl sites for hydroxylation is 1. The fourth-order valence-corrected chi connectivity index (χ4v) is 2.27. The molecular formula is C16H16N4O. The van der Waals surface area contributed by atoms with Crippen LogP contribution in [0.4, 0.5) is 17.2 Å². The van der Waals surface area contributed by atoms with Gasteiger partial charge in [-0.15, -0.1) is 0 Å². The number of nitrogens with zero attached hydrogens (tertiary/aromatic N) is 2. The van der Waals surface area contributed by atoms with Crippen LogP contribution in [0.1, 0.15) is 5.56 Å². The average Bonchev–Trinajstić information content (AvgIpc) is 2.47. The summed E-state index contributed by atoms with van der Waals surface area (Å²) in [6.07, 6.45) is 1.53. The lowest BCUT2D eigenvalue weighted by Crippen LogP contribution is -1.97. The number of aromatic nitrogens is 2. The number of nitrogens with one attached hydrogen (secondary N) is 1. The second kappa shape index (κ2) is 5.28. The molecule has 0 radical (unpaired) electrons. The Labute approximate surface area is 122 Å². The van der Waals surface area contributed by atoms with Crippen LogP contribution in [-0.2, 0) is 0 Å². The van der Waals surface area contributed by atoms with Crippen LogP contribution in [0, 0.1) is 6.92 Å². The van der Waals surface area contributed by atoms with E-state index in [0.29, 0.717) is 5.69 Å². The lowest BCUT2D eigenvalue weighted by Gasteiger charge is -2.11. The summed E-state index contributed by atoms with van der Waals surface area (Å²) in [5, 5.41) is 4.24. The zero-order chi connectivity index (χ0) is 14.8. The Morgan fingerprint density at radius 2 is 1.95 bits per heavy atom. The number of ether oxygens (including phenoxy) is 1. The van der Waals surface area contributed by atoms with Crippen LogP contribution in [0.15, 0.2) is 42.7 Å². The van der Waals surface area contributed by atoms with Crippen molar-refractivity contribution in [2.45, 2.75) is 6.92 Å². The zero-order valence-corrected chi connectivity index (χ0v) is 11.9. The molecule has 0 saturated heterocycles. The maximum Gasteiger partial charge on any atom is 0.141 e. The number of anilines is 3. The number of methoxy groups -OCH3 is 1. The average molecular weight is 280 g/mol. The van der Waals surface area contributed by atoms with Crippen molar-refractivity contribution in [3.8, 4) is 5.75 Å². The topological polar surface area (TPSA) is 73.1 Å². The summed E-state index contributed by atoms with van der Waals surface area (Å²) in [5.41, 5.74) is 9.30. The molecule has 3 N–H and O–H groups in total. The van der Waals surface area contributed by atoms with E-state index in [1.165, 1.54) is 6.33 Å². The molecule has 0 spiro atoms. The number of hydrogen-bond acceptors (Lipinski definition) is 5. The Morgan fingerprint density at radius 1 is 1.10 bits per heavy atom. The van der Waals surface area contributed by atoms with Gasteiger partial charge in [-0.2, -0.15) is 0 Å². The lowest BCUT2D eigenvalue weighted by atomic mass is 10.2. The molecule has 3 rings (SSSR count). The molecule has 0 saturated carbocycles. The van der Waals surface area contributed by atoms with Gasteiger partial charge < -0.3 is 15.8 Å². The van der Waals surface area contributed by atoms with Gasteiger partial charge in [-0.3, -0.25) is 0 Å². The molecule has 0 aliphatic rings. The first-order chi connectivity index (χ1) is 10.2. The first kappa shape index (κ1) is 13.2. The molecular weight excluding hydrogens is 264 g/mol. The Morgan fingerprint density at radius 3 is 2.71 bits per heavy atom. The number of nitrogen functional groups attached to an aromatic ring is 1. The summed E-state index contributed by atoms with van der Waals surface area (Å²) in [4.78, 5) is 8.55. The van der Waals surface area contributed by atoms with Crippen molar-refractivity contribution in [3.63, 3.8) is 0 Å². The predicted molar refractivity (Wildman–Crippen MR) is 85.0 cm³/mol. The van der Waals surface area contributed by atoms with Crippen molar-refractivity contribution in [1.29, 1.82) is 0 Å². The molecule has 5 nitrogen and oxygen atoms in total. The highest BCUT2D eigenvalue weighted by molar-refractivity contribution is 5.92. The monoisotopic (exact) mass is 280 g/mol. The van der Waals surface area contributed by atoms with Gasteiger partial charge in [-0.05, 0) is 48.9 Å². The summed E-state index contributed by atoms with van der Waals surface area (Å²) in [7, 11) is 1.66. The largest absolute Gasteiger partial charge is 0.496 e. The Kier molecular flexibility index (Phi) is 3.31. The minimum atomic E-state index is 0.687. The van der Waals surface area contributed by atoms with Crippen molar-refractivity contribution >= 4 is 28.1 Å². The van der Waals surface area contributed by atoms with E-state index in [2.05, 4.69) is 15.3 Å². The van der Waals surface area contributed by atoms with E-state index in [1.807, 2.05) is 43.3 Å². The van der Waals surface area contributed by atoms with E-state index in [1.54, 1.807) is 7.11 Å². The number of benzene rings is 2. The molecule has 21 heavy (non-hydrogen) atoms. The number of hydrogen-bond donors (Lipinski definition) is 2. The molecule has 0 aliphatic carbocycles. The first-order valence-electron chi connectivity index (χ1n) is 6.59. The molecule has 0 unspecified atom stereocenters. The van der Waals surface area contributed by atoms with Crippen LogP contribution in [0.25, 0.3) is 10.9 Å². The van der Waals surface area contributed by atoms with E-state index >= 15 is 0 Å². The van der Waals surface area contributed by atoms with Gasteiger partial charge in [0.15, 0.2) is 0 Å². The fourth-order valence-electron chi connectivity index (χ4n) is 2.27. The van der Waals surface area contributed by atoms with Crippen molar-refractivity contribution < 1.29 is 4.74 Å². The van der Waals surface area contributed by atoms with Gasteiger partial charge in [-0.25, -0.2) is 9.97 Å². The maximum absolute atomic E-state index is 5.78. The van der Waals surface area contributed by atoms with Gasteiger partial charge in [0.1, 0.15) is 17.9 Å². The third kappa shape index (κ3) is 2.58. The SMILES string of the molecule is COc1ccc(Nc2ncnc3cc(N)ccc23)cc1C. The van der Waals surface area contributed by atoms with Gasteiger partial charge in [0, 0.05) is 16.8 Å². The summed E-state index contributed by atoms with van der Waals surface area (Å²) in [6.45, 7) is 2.00. The summed E-state index contributed by atoms with van der Waals surface area (Å²) < 4.78 is 5.27. The van der Waals surface area contributed by atoms with Crippen molar-refractivity contribution in [2.24, 2.45) is 0 Å². The van der Waals surface area contributed by atoms with E-state index < -0.39 is 0 Å². The van der Waals surface area contributed by atoms with E-state index in [9.17, 15) is 0 Å². The van der Waals surface area contributed by atoms with Crippen LogP contribution < -0.4 is 15.8 Å². The van der Waals surface area contributed by atoms with Crippen LogP contribution in [0.2, 0.25) is 0 Å². The summed E-state index contributed by atoms with van der Waals surface area (Å²) in [5.74, 6) is 1.62. The van der Waals surface area contributed by atoms with E-state index in [4.69, 9.17) is 10.5 Å². The zero-order valence-electron chi connectivity index (χ0n) is 11.9. The second-order valence-electron chi connectivity index (χ2n) is 4.81. The molecule has 106 valence electrons. The van der Waals surface area contributed by atoms with Gasteiger partial charge in [-0.1, -0.05) is 0 Å². The van der Waals surface area contributed by atoms with Gasteiger partial charge in [0.05, 0.1) is 12.6 Å². The highest BCUT2D eigenvalue weighted by Crippen LogP contribution is 2.27.